The van der Waals surface area contributed by atoms with Gasteiger partial charge in [0, 0.05) is 19.2 Å². The van der Waals surface area contributed by atoms with Crippen molar-refractivity contribution in [2.24, 2.45) is 17.0 Å². The highest BCUT2D eigenvalue weighted by molar-refractivity contribution is 7.67. The minimum Gasteiger partial charge on any atom is -0.295 e. The molecule has 0 aliphatic carbocycles. The minimum atomic E-state index is -0.423. The van der Waals surface area contributed by atoms with Crippen LogP contribution in [0.15, 0.2) is 64.6 Å². The SMILES string of the molecule is Cn1c(=Nc2ccccc2)ssc1=Nc1ccc([N+](=O)[O-])cc1. The highest BCUT2D eigenvalue weighted by Crippen LogP contribution is 2.17. The molecule has 1 heterocycles. The molecule has 0 spiro atoms. The molecule has 23 heavy (non-hydrogen) atoms. The van der Waals surface area contributed by atoms with Crippen molar-refractivity contribution < 1.29 is 4.92 Å². The minimum absolute atomic E-state index is 0.0575. The van der Waals surface area contributed by atoms with E-state index in [0.29, 0.717) is 5.69 Å². The molecule has 0 radical (unpaired) electrons. The standard InChI is InChI=1S/C15H12N4O2S2/c1-18-14(16-11-5-3-2-4-6-11)22-23-15(18)17-12-7-9-13(10-8-12)19(20)21/h2-10H,1H3. The lowest BCUT2D eigenvalue weighted by molar-refractivity contribution is -0.384. The van der Waals surface area contributed by atoms with Crippen LogP contribution < -0.4 is 9.60 Å². The fraction of sp³-hybridized carbons (Fsp3) is 0.0667. The van der Waals surface area contributed by atoms with Crippen LogP contribution in [0.2, 0.25) is 0 Å². The molecule has 0 atom stereocenters. The summed E-state index contributed by atoms with van der Waals surface area (Å²) in [5, 5.41) is 10.7. The molecule has 3 rings (SSSR count). The molecule has 0 N–H and O–H groups in total. The van der Waals surface area contributed by atoms with Gasteiger partial charge < -0.3 is 0 Å². The van der Waals surface area contributed by atoms with Crippen molar-refractivity contribution in [3.63, 3.8) is 0 Å². The fourth-order valence-electron chi connectivity index (χ4n) is 1.83. The maximum absolute atomic E-state index is 10.7. The van der Waals surface area contributed by atoms with Crippen molar-refractivity contribution in [2.45, 2.75) is 0 Å². The Kier molecular flexibility index (Phi) is 4.45. The lowest BCUT2D eigenvalue weighted by Gasteiger charge is -1.94. The van der Waals surface area contributed by atoms with Gasteiger partial charge in [-0.05, 0) is 44.9 Å². The summed E-state index contributed by atoms with van der Waals surface area (Å²) in [6.07, 6.45) is 0. The van der Waals surface area contributed by atoms with Gasteiger partial charge in [-0.15, -0.1) is 0 Å². The van der Waals surface area contributed by atoms with Gasteiger partial charge >= 0.3 is 0 Å². The van der Waals surface area contributed by atoms with E-state index in [1.54, 1.807) is 12.1 Å². The van der Waals surface area contributed by atoms with Crippen LogP contribution in [0.5, 0.6) is 0 Å². The van der Waals surface area contributed by atoms with Crippen molar-refractivity contribution in [3.8, 4) is 0 Å². The quantitative estimate of drug-likeness (QED) is 0.414. The molecule has 0 unspecified atom stereocenters. The Hall–Kier alpha value is -2.58. The van der Waals surface area contributed by atoms with Gasteiger partial charge in [-0.3, -0.25) is 14.7 Å². The highest BCUT2D eigenvalue weighted by Gasteiger charge is 2.03. The number of hydrogen-bond donors (Lipinski definition) is 0. The van der Waals surface area contributed by atoms with Gasteiger partial charge in [0.2, 0.25) is 9.60 Å². The summed E-state index contributed by atoms with van der Waals surface area (Å²) in [7, 11) is 4.95. The summed E-state index contributed by atoms with van der Waals surface area (Å²) in [4.78, 5) is 21.0. The number of para-hydroxylation sites is 1. The zero-order valence-electron chi connectivity index (χ0n) is 12.1. The Morgan fingerprint density at radius 1 is 0.913 bits per heavy atom. The monoisotopic (exact) mass is 344 g/mol. The van der Waals surface area contributed by atoms with E-state index in [4.69, 9.17) is 0 Å². The summed E-state index contributed by atoms with van der Waals surface area (Å²) in [6.45, 7) is 0. The Balaban J connectivity index is 1.98. The van der Waals surface area contributed by atoms with E-state index in [-0.39, 0.29) is 5.69 Å². The van der Waals surface area contributed by atoms with Crippen LogP contribution in [0.3, 0.4) is 0 Å². The number of hydrogen-bond acceptors (Lipinski definition) is 6. The van der Waals surface area contributed by atoms with Gasteiger partial charge in [0.05, 0.1) is 16.3 Å². The topological polar surface area (TPSA) is 72.8 Å². The second-order valence-electron chi connectivity index (χ2n) is 4.62. The van der Waals surface area contributed by atoms with Crippen LogP contribution in [0.25, 0.3) is 0 Å². The molecule has 8 heteroatoms. The Labute approximate surface area is 138 Å². The van der Waals surface area contributed by atoms with E-state index in [1.807, 2.05) is 41.9 Å². The smallest absolute Gasteiger partial charge is 0.269 e. The first-order chi connectivity index (χ1) is 11.1. The molecular formula is C15H12N4O2S2. The number of nitro groups is 1. The van der Waals surface area contributed by atoms with Gasteiger partial charge in [-0.25, -0.2) is 9.98 Å². The van der Waals surface area contributed by atoms with E-state index >= 15 is 0 Å². The summed E-state index contributed by atoms with van der Waals surface area (Å²) in [5.41, 5.74) is 1.62. The third kappa shape index (κ3) is 3.61. The number of benzene rings is 2. The fourth-order valence-corrected chi connectivity index (χ4v) is 4.06. The second kappa shape index (κ2) is 6.67. The molecule has 0 saturated carbocycles. The largest absolute Gasteiger partial charge is 0.295 e. The molecule has 6 nitrogen and oxygen atoms in total. The maximum atomic E-state index is 10.7. The number of rotatable bonds is 3. The first-order valence-electron chi connectivity index (χ1n) is 6.68. The number of nitrogens with zero attached hydrogens (tertiary/aromatic N) is 4. The summed E-state index contributed by atoms with van der Waals surface area (Å²) in [5.74, 6) is 0. The van der Waals surface area contributed by atoms with Gasteiger partial charge in [0.25, 0.3) is 5.69 Å². The first-order valence-corrected chi connectivity index (χ1v) is 8.83. The zero-order valence-corrected chi connectivity index (χ0v) is 13.8. The average molecular weight is 344 g/mol. The van der Waals surface area contributed by atoms with Gasteiger partial charge in [0.1, 0.15) is 0 Å². The molecule has 2 aromatic carbocycles. The Morgan fingerprint density at radius 3 is 1.96 bits per heavy atom. The van der Waals surface area contributed by atoms with E-state index in [2.05, 4.69) is 9.98 Å². The first kappa shape index (κ1) is 15.3. The molecule has 116 valence electrons. The molecule has 0 bridgehead atoms. The van der Waals surface area contributed by atoms with Crippen molar-refractivity contribution in [3.05, 3.63) is 74.3 Å². The van der Waals surface area contributed by atoms with E-state index in [0.717, 1.165) is 15.3 Å². The van der Waals surface area contributed by atoms with Crippen molar-refractivity contribution in [2.75, 3.05) is 0 Å². The summed E-state index contributed by atoms with van der Waals surface area (Å²) >= 11 is 0. The number of aromatic nitrogens is 1. The van der Waals surface area contributed by atoms with Crippen LogP contribution in [0.1, 0.15) is 0 Å². The molecule has 3 aromatic rings. The van der Waals surface area contributed by atoms with Crippen molar-refractivity contribution in [1.82, 2.24) is 4.57 Å². The van der Waals surface area contributed by atoms with E-state index in [1.165, 1.54) is 32.8 Å². The van der Waals surface area contributed by atoms with Crippen LogP contribution in [0, 0.1) is 10.1 Å². The highest BCUT2D eigenvalue weighted by atomic mass is 32.9. The maximum Gasteiger partial charge on any atom is 0.269 e. The third-order valence-corrected chi connectivity index (χ3v) is 5.29. The van der Waals surface area contributed by atoms with Crippen LogP contribution in [0.4, 0.5) is 17.1 Å². The molecule has 0 saturated heterocycles. The summed E-state index contributed by atoms with van der Waals surface area (Å²) in [6, 6.07) is 15.9. The third-order valence-electron chi connectivity index (χ3n) is 3.03. The van der Waals surface area contributed by atoms with Gasteiger partial charge in [-0.2, -0.15) is 0 Å². The molecule has 1 aromatic heterocycles. The second-order valence-corrected chi connectivity index (χ2v) is 6.69. The summed E-state index contributed by atoms with van der Waals surface area (Å²) < 4.78 is 1.91. The predicted octanol–water partition coefficient (Wildman–Crippen LogP) is 3.52. The molecular weight excluding hydrogens is 332 g/mol. The number of non-ortho nitro benzene ring substituents is 1. The lowest BCUT2D eigenvalue weighted by Crippen LogP contribution is -2.21. The molecule has 0 amide bonds. The van der Waals surface area contributed by atoms with E-state index in [9.17, 15) is 10.1 Å². The van der Waals surface area contributed by atoms with Gasteiger partial charge in [0.15, 0.2) is 0 Å². The predicted molar refractivity (Wildman–Crippen MR) is 91.2 cm³/mol. The molecule has 0 aliphatic heterocycles. The number of nitro benzene ring substituents is 1. The van der Waals surface area contributed by atoms with Crippen LogP contribution in [-0.4, -0.2) is 9.49 Å². The zero-order chi connectivity index (χ0) is 16.2. The Bertz CT molecular complexity index is 953. The lowest BCUT2D eigenvalue weighted by atomic mass is 10.3. The Morgan fingerprint density at radius 2 is 1.43 bits per heavy atom. The van der Waals surface area contributed by atoms with Crippen LogP contribution in [-0.2, 0) is 7.05 Å². The molecule has 0 fully saturated rings. The van der Waals surface area contributed by atoms with Gasteiger partial charge in [-0.1, -0.05) is 18.2 Å². The molecule has 0 aliphatic rings. The van der Waals surface area contributed by atoms with E-state index < -0.39 is 4.92 Å². The van der Waals surface area contributed by atoms with Crippen molar-refractivity contribution in [1.29, 1.82) is 0 Å². The average Bonchev–Trinajstić information content (AvgIpc) is 2.90. The normalized spacial score (nSPS) is 12.6. The van der Waals surface area contributed by atoms with Crippen LogP contribution >= 0.6 is 20.7 Å². The van der Waals surface area contributed by atoms with Crippen molar-refractivity contribution >= 4 is 37.7 Å².